The van der Waals surface area contributed by atoms with Crippen LogP contribution in [0.1, 0.15) is 18.2 Å². The van der Waals surface area contributed by atoms with Crippen LogP contribution >= 0.6 is 23.2 Å². The van der Waals surface area contributed by atoms with Gasteiger partial charge in [-0.2, -0.15) is 5.10 Å². The van der Waals surface area contributed by atoms with Crippen LogP contribution in [0.25, 0.3) is 10.9 Å². The van der Waals surface area contributed by atoms with Gasteiger partial charge in [-0.1, -0.05) is 54.4 Å². The van der Waals surface area contributed by atoms with Crippen LogP contribution in [0, 0.1) is 0 Å². The SMILES string of the molecule is CCc1nn(Cc2ccc(Cl)cc2Cl)c2ccccc12. The molecule has 3 aromatic rings. The molecule has 102 valence electrons. The zero-order valence-corrected chi connectivity index (χ0v) is 12.6. The average Bonchev–Trinajstić information content (AvgIpc) is 2.80. The topological polar surface area (TPSA) is 17.8 Å². The predicted octanol–water partition coefficient (Wildman–Crippen LogP) is 4.95. The second kappa shape index (κ2) is 5.47. The maximum Gasteiger partial charge on any atom is 0.0700 e. The van der Waals surface area contributed by atoms with Gasteiger partial charge in [0.2, 0.25) is 0 Å². The monoisotopic (exact) mass is 304 g/mol. The van der Waals surface area contributed by atoms with Gasteiger partial charge in [0.05, 0.1) is 17.8 Å². The van der Waals surface area contributed by atoms with E-state index in [1.54, 1.807) is 6.07 Å². The maximum absolute atomic E-state index is 6.25. The Morgan fingerprint density at radius 3 is 2.65 bits per heavy atom. The molecule has 0 saturated carbocycles. The quantitative estimate of drug-likeness (QED) is 0.669. The van der Waals surface area contributed by atoms with Gasteiger partial charge in [0.25, 0.3) is 0 Å². The van der Waals surface area contributed by atoms with Gasteiger partial charge in [0.15, 0.2) is 0 Å². The Hall–Kier alpha value is -1.51. The van der Waals surface area contributed by atoms with Gasteiger partial charge in [0.1, 0.15) is 0 Å². The molecule has 20 heavy (non-hydrogen) atoms. The van der Waals surface area contributed by atoms with Gasteiger partial charge >= 0.3 is 0 Å². The summed E-state index contributed by atoms with van der Waals surface area (Å²) in [4.78, 5) is 0. The van der Waals surface area contributed by atoms with Crippen LogP contribution in [0.3, 0.4) is 0 Å². The van der Waals surface area contributed by atoms with Crippen molar-refractivity contribution in [2.75, 3.05) is 0 Å². The van der Waals surface area contributed by atoms with E-state index in [9.17, 15) is 0 Å². The highest BCUT2D eigenvalue weighted by molar-refractivity contribution is 6.35. The van der Waals surface area contributed by atoms with E-state index in [0.29, 0.717) is 16.6 Å². The first-order chi connectivity index (χ1) is 9.69. The van der Waals surface area contributed by atoms with Crippen molar-refractivity contribution >= 4 is 34.1 Å². The first-order valence-electron chi connectivity index (χ1n) is 6.57. The van der Waals surface area contributed by atoms with Gasteiger partial charge in [-0.25, -0.2) is 0 Å². The summed E-state index contributed by atoms with van der Waals surface area (Å²) in [6, 6.07) is 13.9. The summed E-state index contributed by atoms with van der Waals surface area (Å²) in [6.45, 7) is 2.77. The standard InChI is InChI=1S/C16H14Cl2N2/c1-2-15-13-5-3-4-6-16(13)20(19-15)10-11-7-8-12(17)9-14(11)18/h3-9H,2,10H2,1H3. The summed E-state index contributed by atoms with van der Waals surface area (Å²) in [5.74, 6) is 0. The second-order valence-corrected chi connectivity index (χ2v) is 5.55. The lowest BCUT2D eigenvalue weighted by Gasteiger charge is -2.06. The number of rotatable bonds is 3. The highest BCUT2D eigenvalue weighted by Crippen LogP contribution is 2.24. The Morgan fingerprint density at radius 1 is 1.10 bits per heavy atom. The number of nitrogens with zero attached hydrogens (tertiary/aromatic N) is 2. The Labute approximate surface area is 127 Å². The van der Waals surface area contributed by atoms with Crippen LogP contribution in [0.15, 0.2) is 42.5 Å². The first kappa shape index (κ1) is 13.5. The molecule has 0 saturated heterocycles. The van der Waals surface area contributed by atoms with Gasteiger partial charge in [-0.15, -0.1) is 0 Å². The van der Waals surface area contributed by atoms with Crippen LogP contribution < -0.4 is 0 Å². The molecule has 0 spiro atoms. The zero-order valence-electron chi connectivity index (χ0n) is 11.1. The second-order valence-electron chi connectivity index (χ2n) is 4.71. The molecular weight excluding hydrogens is 291 g/mol. The predicted molar refractivity (Wildman–Crippen MR) is 84.7 cm³/mol. The van der Waals surface area contributed by atoms with E-state index in [1.165, 1.54) is 5.39 Å². The van der Waals surface area contributed by atoms with E-state index in [1.807, 2.05) is 28.9 Å². The molecule has 0 fully saturated rings. The number of halogens is 2. The lowest BCUT2D eigenvalue weighted by Crippen LogP contribution is -2.02. The Morgan fingerprint density at radius 2 is 1.90 bits per heavy atom. The largest absolute Gasteiger partial charge is 0.260 e. The molecule has 2 nitrogen and oxygen atoms in total. The van der Waals surface area contributed by atoms with Gasteiger partial charge < -0.3 is 0 Å². The van der Waals surface area contributed by atoms with E-state index in [-0.39, 0.29) is 0 Å². The van der Waals surface area contributed by atoms with Crippen molar-refractivity contribution in [2.45, 2.75) is 19.9 Å². The third-order valence-electron chi connectivity index (χ3n) is 3.40. The van der Waals surface area contributed by atoms with E-state index in [0.717, 1.165) is 23.2 Å². The molecule has 0 aliphatic rings. The highest BCUT2D eigenvalue weighted by Gasteiger charge is 2.10. The van der Waals surface area contributed by atoms with Gasteiger partial charge in [0, 0.05) is 15.4 Å². The molecule has 0 N–H and O–H groups in total. The van der Waals surface area contributed by atoms with Crippen LogP contribution in [-0.2, 0) is 13.0 Å². The van der Waals surface area contributed by atoms with Crippen molar-refractivity contribution in [1.29, 1.82) is 0 Å². The van der Waals surface area contributed by atoms with Crippen molar-refractivity contribution in [3.8, 4) is 0 Å². The van der Waals surface area contributed by atoms with Crippen LogP contribution in [0.2, 0.25) is 10.0 Å². The van der Waals surface area contributed by atoms with Gasteiger partial charge in [-0.3, -0.25) is 4.68 Å². The number of aromatic nitrogens is 2. The average molecular weight is 305 g/mol. The summed E-state index contributed by atoms with van der Waals surface area (Å²) >= 11 is 12.2. The molecule has 0 amide bonds. The lowest BCUT2D eigenvalue weighted by molar-refractivity contribution is 0.696. The van der Waals surface area contributed by atoms with Crippen LogP contribution in [-0.4, -0.2) is 9.78 Å². The molecule has 4 heteroatoms. The summed E-state index contributed by atoms with van der Waals surface area (Å²) < 4.78 is 2.00. The molecule has 1 aromatic heterocycles. The summed E-state index contributed by atoms with van der Waals surface area (Å²) in [5.41, 5.74) is 3.27. The summed E-state index contributed by atoms with van der Waals surface area (Å²) in [7, 11) is 0. The number of benzene rings is 2. The zero-order chi connectivity index (χ0) is 14.1. The minimum atomic E-state index is 0.649. The number of para-hydroxylation sites is 1. The number of aryl methyl sites for hydroxylation is 1. The Balaban J connectivity index is 2.06. The molecule has 2 aromatic carbocycles. The molecule has 0 atom stereocenters. The molecule has 0 unspecified atom stereocenters. The smallest absolute Gasteiger partial charge is 0.0700 e. The van der Waals surface area contributed by atoms with Crippen molar-refractivity contribution in [3.63, 3.8) is 0 Å². The van der Waals surface area contributed by atoms with Crippen molar-refractivity contribution in [3.05, 3.63) is 63.8 Å². The highest BCUT2D eigenvalue weighted by atomic mass is 35.5. The third kappa shape index (κ3) is 2.41. The first-order valence-corrected chi connectivity index (χ1v) is 7.33. The minimum absolute atomic E-state index is 0.649. The van der Waals surface area contributed by atoms with E-state index in [4.69, 9.17) is 28.3 Å². The molecular formula is C16H14Cl2N2. The molecule has 0 bridgehead atoms. The number of hydrogen-bond acceptors (Lipinski definition) is 1. The summed E-state index contributed by atoms with van der Waals surface area (Å²) in [6.07, 6.45) is 0.919. The Bertz CT molecular complexity index is 762. The number of hydrogen-bond donors (Lipinski definition) is 0. The normalized spacial score (nSPS) is 11.2. The van der Waals surface area contributed by atoms with E-state index >= 15 is 0 Å². The fourth-order valence-corrected chi connectivity index (χ4v) is 2.86. The fourth-order valence-electron chi connectivity index (χ4n) is 2.39. The number of fused-ring (bicyclic) bond motifs is 1. The van der Waals surface area contributed by atoms with Crippen molar-refractivity contribution in [1.82, 2.24) is 9.78 Å². The minimum Gasteiger partial charge on any atom is -0.260 e. The molecule has 0 radical (unpaired) electrons. The van der Waals surface area contributed by atoms with Gasteiger partial charge in [-0.05, 0) is 30.2 Å². The van der Waals surface area contributed by atoms with E-state index < -0.39 is 0 Å². The molecule has 0 aliphatic carbocycles. The molecule has 3 rings (SSSR count). The summed E-state index contributed by atoms with van der Waals surface area (Å²) in [5, 5.41) is 7.23. The maximum atomic E-state index is 6.25. The third-order valence-corrected chi connectivity index (χ3v) is 3.99. The van der Waals surface area contributed by atoms with Crippen molar-refractivity contribution < 1.29 is 0 Å². The Kier molecular flexibility index (Phi) is 3.68. The molecule has 0 aliphatic heterocycles. The van der Waals surface area contributed by atoms with E-state index in [2.05, 4.69) is 19.1 Å². The fraction of sp³-hybridized carbons (Fsp3) is 0.188. The van der Waals surface area contributed by atoms with Crippen molar-refractivity contribution in [2.24, 2.45) is 0 Å². The molecule has 1 heterocycles. The van der Waals surface area contributed by atoms with Crippen LogP contribution in [0.5, 0.6) is 0 Å². The van der Waals surface area contributed by atoms with Crippen LogP contribution in [0.4, 0.5) is 0 Å². The lowest BCUT2D eigenvalue weighted by atomic mass is 10.2.